The van der Waals surface area contributed by atoms with Gasteiger partial charge in [-0.3, -0.25) is 4.79 Å². The normalized spacial score (nSPS) is 10.8. The van der Waals surface area contributed by atoms with Crippen LogP contribution in [0.4, 0.5) is 5.69 Å². The third-order valence-corrected chi connectivity index (χ3v) is 3.55. The van der Waals surface area contributed by atoms with E-state index >= 15 is 0 Å². The monoisotopic (exact) mass is 249 g/mol. The van der Waals surface area contributed by atoms with Gasteiger partial charge in [0.15, 0.2) is 6.54 Å². The standard InChI is InChI=1S/C15H24N2O/c1-6-17(7-2)11-14(18)16(5)15-12(3)9-8-10-13(15)4/h8-10H,6-7,11H2,1-5H3/p+1. The van der Waals surface area contributed by atoms with E-state index in [2.05, 4.69) is 39.8 Å². The molecule has 0 unspecified atom stereocenters. The summed E-state index contributed by atoms with van der Waals surface area (Å²) >= 11 is 0. The molecule has 1 aromatic rings. The summed E-state index contributed by atoms with van der Waals surface area (Å²) in [7, 11) is 1.88. The fourth-order valence-electron chi connectivity index (χ4n) is 2.29. The Hall–Kier alpha value is -1.35. The summed E-state index contributed by atoms with van der Waals surface area (Å²) in [6.45, 7) is 10.9. The molecule has 0 saturated carbocycles. The number of amides is 1. The zero-order chi connectivity index (χ0) is 13.7. The SMILES string of the molecule is CC[NH+](CC)CC(=O)N(C)c1c(C)cccc1C. The first kappa shape index (κ1) is 14.7. The molecule has 1 rings (SSSR count). The maximum absolute atomic E-state index is 12.3. The van der Waals surface area contributed by atoms with Crippen molar-refractivity contribution in [1.29, 1.82) is 0 Å². The zero-order valence-electron chi connectivity index (χ0n) is 12.2. The molecule has 1 amide bonds. The van der Waals surface area contributed by atoms with E-state index in [9.17, 15) is 4.79 Å². The second-order valence-electron chi connectivity index (χ2n) is 4.83. The van der Waals surface area contributed by atoms with Crippen molar-refractivity contribution in [2.24, 2.45) is 0 Å². The second kappa shape index (κ2) is 6.55. The van der Waals surface area contributed by atoms with E-state index < -0.39 is 0 Å². The average molecular weight is 249 g/mol. The van der Waals surface area contributed by atoms with E-state index in [0.29, 0.717) is 6.54 Å². The lowest BCUT2D eigenvalue weighted by atomic mass is 10.1. The lowest BCUT2D eigenvalue weighted by molar-refractivity contribution is -0.888. The van der Waals surface area contributed by atoms with Gasteiger partial charge in [0.05, 0.1) is 13.1 Å². The van der Waals surface area contributed by atoms with Crippen molar-refractivity contribution in [3.63, 3.8) is 0 Å². The third-order valence-electron chi connectivity index (χ3n) is 3.55. The highest BCUT2D eigenvalue weighted by Gasteiger charge is 2.18. The summed E-state index contributed by atoms with van der Waals surface area (Å²) in [6.07, 6.45) is 0. The van der Waals surface area contributed by atoms with Crippen LogP contribution < -0.4 is 9.80 Å². The van der Waals surface area contributed by atoms with Crippen molar-refractivity contribution in [2.75, 3.05) is 31.6 Å². The Morgan fingerprint density at radius 2 is 1.67 bits per heavy atom. The van der Waals surface area contributed by atoms with Crippen molar-refractivity contribution < 1.29 is 9.69 Å². The lowest BCUT2D eigenvalue weighted by Crippen LogP contribution is -3.12. The van der Waals surface area contributed by atoms with Crippen LogP contribution >= 0.6 is 0 Å². The molecule has 1 aromatic carbocycles. The first-order chi connectivity index (χ1) is 8.51. The molecular weight excluding hydrogens is 224 g/mol. The first-order valence-corrected chi connectivity index (χ1v) is 6.67. The molecule has 0 aliphatic carbocycles. The fourth-order valence-corrected chi connectivity index (χ4v) is 2.29. The molecule has 0 radical (unpaired) electrons. The number of para-hydroxylation sites is 1. The molecule has 0 saturated heterocycles. The van der Waals surface area contributed by atoms with Crippen molar-refractivity contribution in [2.45, 2.75) is 27.7 Å². The highest BCUT2D eigenvalue weighted by molar-refractivity contribution is 5.95. The molecule has 0 spiro atoms. The number of likely N-dealkylation sites (N-methyl/N-ethyl adjacent to an activating group) is 2. The van der Waals surface area contributed by atoms with E-state index in [1.54, 1.807) is 4.90 Å². The number of carbonyl (C=O) groups is 1. The van der Waals surface area contributed by atoms with Gasteiger partial charge in [-0.2, -0.15) is 0 Å². The summed E-state index contributed by atoms with van der Waals surface area (Å²) in [5.41, 5.74) is 3.36. The van der Waals surface area contributed by atoms with Crippen molar-refractivity contribution in [3.05, 3.63) is 29.3 Å². The summed E-state index contributed by atoms with van der Waals surface area (Å²) in [6, 6.07) is 6.13. The van der Waals surface area contributed by atoms with Gasteiger partial charge in [0.1, 0.15) is 0 Å². The number of rotatable bonds is 5. The van der Waals surface area contributed by atoms with Crippen LogP contribution in [0.2, 0.25) is 0 Å². The molecular formula is C15H25N2O+. The van der Waals surface area contributed by atoms with Crippen molar-refractivity contribution in [1.82, 2.24) is 0 Å². The second-order valence-corrected chi connectivity index (χ2v) is 4.83. The largest absolute Gasteiger partial charge is 0.328 e. The van der Waals surface area contributed by atoms with Crippen LogP contribution in [0.15, 0.2) is 18.2 Å². The Morgan fingerprint density at radius 1 is 1.17 bits per heavy atom. The highest BCUT2D eigenvalue weighted by Crippen LogP contribution is 2.23. The molecule has 0 atom stereocenters. The number of nitrogens with zero attached hydrogens (tertiary/aromatic N) is 1. The molecule has 0 aliphatic rings. The van der Waals surface area contributed by atoms with Crippen LogP contribution in [0.5, 0.6) is 0 Å². The van der Waals surface area contributed by atoms with Gasteiger partial charge in [-0.1, -0.05) is 18.2 Å². The predicted molar refractivity (Wildman–Crippen MR) is 76.2 cm³/mol. The molecule has 3 nitrogen and oxygen atoms in total. The number of hydrogen-bond donors (Lipinski definition) is 1. The number of anilines is 1. The van der Waals surface area contributed by atoms with Crippen LogP contribution in [0, 0.1) is 13.8 Å². The highest BCUT2D eigenvalue weighted by atomic mass is 16.2. The number of quaternary nitrogens is 1. The molecule has 3 heteroatoms. The van der Waals surface area contributed by atoms with E-state index in [1.165, 1.54) is 4.90 Å². The number of hydrogen-bond acceptors (Lipinski definition) is 1. The molecule has 0 heterocycles. The predicted octanol–water partition coefficient (Wildman–Crippen LogP) is 1.19. The third kappa shape index (κ3) is 3.33. The minimum Gasteiger partial charge on any atom is -0.328 e. The summed E-state index contributed by atoms with van der Waals surface area (Å²) in [5, 5.41) is 0. The van der Waals surface area contributed by atoms with E-state index in [4.69, 9.17) is 0 Å². The maximum atomic E-state index is 12.3. The van der Waals surface area contributed by atoms with E-state index in [1.807, 2.05) is 13.1 Å². The fraction of sp³-hybridized carbons (Fsp3) is 0.533. The van der Waals surface area contributed by atoms with Gasteiger partial charge in [-0.15, -0.1) is 0 Å². The first-order valence-electron chi connectivity index (χ1n) is 6.67. The van der Waals surface area contributed by atoms with Crippen LogP contribution in [0.1, 0.15) is 25.0 Å². The molecule has 0 aromatic heterocycles. The van der Waals surface area contributed by atoms with Gasteiger partial charge < -0.3 is 9.80 Å². The smallest absolute Gasteiger partial charge is 0.281 e. The zero-order valence-corrected chi connectivity index (χ0v) is 12.2. The molecule has 0 fully saturated rings. The van der Waals surface area contributed by atoms with Crippen molar-refractivity contribution >= 4 is 11.6 Å². The van der Waals surface area contributed by atoms with Gasteiger partial charge in [0.25, 0.3) is 5.91 Å². The van der Waals surface area contributed by atoms with Crippen LogP contribution in [0.25, 0.3) is 0 Å². The Balaban J connectivity index is 2.87. The van der Waals surface area contributed by atoms with E-state index in [-0.39, 0.29) is 5.91 Å². The minimum atomic E-state index is 0.186. The van der Waals surface area contributed by atoms with Crippen molar-refractivity contribution in [3.8, 4) is 0 Å². The Morgan fingerprint density at radius 3 is 2.11 bits per heavy atom. The average Bonchev–Trinajstić information content (AvgIpc) is 2.35. The quantitative estimate of drug-likeness (QED) is 0.833. The Labute approximate surface area is 110 Å². The molecule has 0 aliphatic heterocycles. The Kier molecular flexibility index (Phi) is 5.35. The van der Waals surface area contributed by atoms with Gasteiger partial charge in [0.2, 0.25) is 0 Å². The topological polar surface area (TPSA) is 24.8 Å². The summed E-state index contributed by atoms with van der Waals surface area (Å²) in [5.74, 6) is 0.186. The van der Waals surface area contributed by atoms with Gasteiger partial charge in [-0.05, 0) is 38.8 Å². The number of nitrogens with one attached hydrogen (secondary N) is 1. The molecule has 100 valence electrons. The lowest BCUT2D eigenvalue weighted by Gasteiger charge is -2.23. The summed E-state index contributed by atoms with van der Waals surface area (Å²) in [4.78, 5) is 15.4. The maximum Gasteiger partial charge on any atom is 0.281 e. The molecule has 0 bridgehead atoms. The van der Waals surface area contributed by atoms with Crippen LogP contribution in [-0.2, 0) is 4.79 Å². The van der Waals surface area contributed by atoms with Crippen LogP contribution in [-0.4, -0.2) is 32.6 Å². The van der Waals surface area contributed by atoms with Gasteiger partial charge in [-0.25, -0.2) is 0 Å². The van der Waals surface area contributed by atoms with Gasteiger partial charge >= 0.3 is 0 Å². The minimum absolute atomic E-state index is 0.186. The van der Waals surface area contributed by atoms with Gasteiger partial charge in [0, 0.05) is 12.7 Å². The number of aryl methyl sites for hydroxylation is 2. The Bertz CT molecular complexity index is 391. The summed E-state index contributed by atoms with van der Waals surface area (Å²) < 4.78 is 0. The van der Waals surface area contributed by atoms with E-state index in [0.717, 1.165) is 29.9 Å². The van der Waals surface area contributed by atoms with Crippen LogP contribution in [0.3, 0.4) is 0 Å². The molecule has 1 N–H and O–H groups in total. The number of carbonyl (C=O) groups excluding carboxylic acids is 1. The molecule has 18 heavy (non-hydrogen) atoms. The number of benzene rings is 1.